The van der Waals surface area contributed by atoms with E-state index < -0.39 is 34.7 Å². The first-order valence-corrected chi connectivity index (χ1v) is 9.91. The zero-order valence-corrected chi connectivity index (χ0v) is 18.6. The lowest BCUT2D eigenvalue weighted by Gasteiger charge is -2.21. The lowest BCUT2D eigenvalue weighted by atomic mass is 10.2. The van der Waals surface area contributed by atoms with Gasteiger partial charge in [0.2, 0.25) is 5.91 Å². The van der Waals surface area contributed by atoms with E-state index in [1.165, 1.54) is 31.2 Å². The zero-order valence-electron chi connectivity index (χ0n) is 18.6. The van der Waals surface area contributed by atoms with E-state index in [4.69, 9.17) is 14.2 Å². The molecule has 0 heterocycles. The summed E-state index contributed by atoms with van der Waals surface area (Å²) in [5.41, 5.74) is 0.313. The fourth-order valence-electron chi connectivity index (χ4n) is 2.39. The summed E-state index contributed by atoms with van der Waals surface area (Å²) in [5.74, 6) is -0.325. The second-order valence-corrected chi connectivity index (χ2v) is 7.95. The number of amides is 2. The van der Waals surface area contributed by atoms with Crippen molar-refractivity contribution in [1.29, 1.82) is 0 Å². The summed E-state index contributed by atoms with van der Waals surface area (Å²) in [6, 6.07) is 10.7. The fraction of sp³-hybridized carbons (Fsp3) is 0.318. The molecule has 33 heavy (non-hydrogen) atoms. The minimum absolute atomic E-state index is 0.0867. The molecule has 0 aliphatic carbocycles. The molecule has 2 rings (SSSR count). The van der Waals surface area contributed by atoms with Gasteiger partial charge in [-0.2, -0.15) is 0 Å². The van der Waals surface area contributed by atoms with E-state index in [9.17, 15) is 24.5 Å². The summed E-state index contributed by atoms with van der Waals surface area (Å²) in [6.07, 6.45) is -1.67. The Bertz CT molecular complexity index is 998. The molecule has 0 radical (unpaired) electrons. The molecule has 1 unspecified atom stereocenters. The van der Waals surface area contributed by atoms with Gasteiger partial charge in [-0.25, -0.2) is 9.59 Å². The number of carbonyl (C=O) groups excluding carboxylic acids is 3. The molecular weight excluding hydrogens is 434 g/mol. The van der Waals surface area contributed by atoms with Gasteiger partial charge in [0.05, 0.1) is 4.92 Å². The highest BCUT2D eigenvalue weighted by Crippen LogP contribution is 2.18. The van der Waals surface area contributed by atoms with E-state index in [1.54, 1.807) is 45.0 Å². The first kappa shape index (κ1) is 25.1. The van der Waals surface area contributed by atoms with Crippen molar-refractivity contribution in [3.8, 4) is 5.75 Å². The topological polar surface area (TPSA) is 146 Å². The van der Waals surface area contributed by atoms with Crippen molar-refractivity contribution in [2.24, 2.45) is 0 Å². The summed E-state index contributed by atoms with van der Waals surface area (Å²) in [7, 11) is 0. The number of nitro benzene ring substituents is 1. The Balaban J connectivity index is 1.79. The first-order chi connectivity index (χ1) is 15.4. The number of non-ortho nitro benzene ring substituents is 1. The monoisotopic (exact) mass is 459 g/mol. The number of carbonyl (C=O) groups is 3. The zero-order chi connectivity index (χ0) is 24.6. The molecule has 0 saturated carbocycles. The van der Waals surface area contributed by atoms with Gasteiger partial charge in [0, 0.05) is 17.8 Å². The molecular formula is C22H25N3O8. The van der Waals surface area contributed by atoms with Crippen LogP contribution in [0.1, 0.15) is 33.3 Å². The molecule has 0 aliphatic rings. The quantitative estimate of drug-likeness (QED) is 0.272. The van der Waals surface area contributed by atoms with Gasteiger partial charge in [0.25, 0.3) is 5.69 Å². The molecule has 0 fully saturated rings. The maximum Gasteiger partial charge on any atom is 0.514 e. The molecule has 0 spiro atoms. The SMILES string of the molecule is CC(NC(=O)OC(C)(C)C)C(=O)Nc1ccc(COC(=O)Oc2ccc([N+](=O)[O-])cc2)cc1. The third-order valence-electron chi connectivity index (χ3n) is 3.95. The third-order valence-corrected chi connectivity index (χ3v) is 3.95. The molecule has 0 bridgehead atoms. The number of nitrogens with one attached hydrogen (secondary N) is 2. The van der Waals surface area contributed by atoms with Crippen molar-refractivity contribution in [1.82, 2.24) is 5.32 Å². The van der Waals surface area contributed by atoms with Gasteiger partial charge in [-0.1, -0.05) is 12.1 Å². The minimum Gasteiger partial charge on any atom is -0.444 e. The van der Waals surface area contributed by atoms with Gasteiger partial charge in [-0.05, 0) is 57.5 Å². The summed E-state index contributed by atoms with van der Waals surface area (Å²) < 4.78 is 15.1. The Kier molecular flexibility index (Phi) is 8.32. The Morgan fingerprint density at radius 2 is 1.64 bits per heavy atom. The van der Waals surface area contributed by atoms with Gasteiger partial charge in [0.1, 0.15) is 24.0 Å². The second-order valence-electron chi connectivity index (χ2n) is 7.95. The molecule has 0 aromatic heterocycles. The Morgan fingerprint density at radius 1 is 1.03 bits per heavy atom. The molecule has 11 nitrogen and oxygen atoms in total. The average Bonchev–Trinajstić information content (AvgIpc) is 2.72. The number of hydrogen-bond acceptors (Lipinski definition) is 8. The lowest BCUT2D eigenvalue weighted by Crippen LogP contribution is -2.43. The molecule has 2 aromatic carbocycles. The minimum atomic E-state index is -0.969. The van der Waals surface area contributed by atoms with Gasteiger partial charge >= 0.3 is 12.2 Å². The molecule has 2 amide bonds. The van der Waals surface area contributed by atoms with Crippen LogP contribution < -0.4 is 15.4 Å². The summed E-state index contributed by atoms with van der Waals surface area (Å²) in [6.45, 7) is 6.60. The van der Waals surface area contributed by atoms with Crippen molar-refractivity contribution in [2.75, 3.05) is 5.32 Å². The first-order valence-electron chi connectivity index (χ1n) is 9.91. The number of benzene rings is 2. The predicted molar refractivity (Wildman–Crippen MR) is 118 cm³/mol. The second kappa shape index (κ2) is 10.9. The molecule has 2 aromatic rings. The molecule has 11 heteroatoms. The van der Waals surface area contributed by atoms with Crippen LogP contribution in [-0.2, 0) is 20.9 Å². The number of nitrogens with zero attached hydrogens (tertiary/aromatic N) is 1. The Hall–Kier alpha value is -4.15. The van der Waals surface area contributed by atoms with Crippen LogP contribution in [0, 0.1) is 10.1 Å². The summed E-state index contributed by atoms with van der Waals surface area (Å²) >= 11 is 0. The standard InChI is InChI=1S/C22H25N3O8/c1-14(23-20(27)33-22(2,3)4)19(26)24-16-7-5-15(6-8-16)13-31-21(28)32-18-11-9-17(10-12-18)25(29)30/h5-12,14H,13H2,1-4H3,(H,23,27)(H,24,26). The third kappa shape index (κ3) is 8.85. The normalized spacial score (nSPS) is 11.6. The van der Waals surface area contributed by atoms with E-state index in [2.05, 4.69) is 10.6 Å². The number of rotatable bonds is 7. The van der Waals surface area contributed by atoms with Crippen LogP contribution in [0.5, 0.6) is 5.75 Å². The van der Waals surface area contributed by atoms with Crippen LogP contribution in [0.15, 0.2) is 48.5 Å². The van der Waals surface area contributed by atoms with Crippen LogP contribution in [0.25, 0.3) is 0 Å². The predicted octanol–water partition coefficient (Wildman–Crippen LogP) is 4.16. The van der Waals surface area contributed by atoms with Gasteiger partial charge in [-0.3, -0.25) is 14.9 Å². The Morgan fingerprint density at radius 3 is 2.18 bits per heavy atom. The maximum absolute atomic E-state index is 12.2. The van der Waals surface area contributed by atoms with Crippen molar-refractivity contribution in [3.63, 3.8) is 0 Å². The van der Waals surface area contributed by atoms with Gasteiger partial charge in [-0.15, -0.1) is 0 Å². The number of alkyl carbamates (subject to hydrolysis) is 1. The van der Waals surface area contributed by atoms with E-state index >= 15 is 0 Å². The number of hydrogen-bond donors (Lipinski definition) is 2. The number of ether oxygens (including phenoxy) is 3. The van der Waals surface area contributed by atoms with Crippen LogP contribution in [-0.4, -0.2) is 34.7 Å². The van der Waals surface area contributed by atoms with Gasteiger partial charge < -0.3 is 24.8 Å². The molecule has 0 saturated heterocycles. The van der Waals surface area contributed by atoms with Crippen LogP contribution in [0.2, 0.25) is 0 Å². The van der Waals surface area contributed by atoms with Crippen LogP contribution in [0.4, 0.5) is 21.0 Å². The summed E-state index contributed by atoms with van der Waals surface area (Å²) in [5, 5.41) is 15.7. The van der Waals surface area contributed by atoms with E-state index in [0.29, 0.717) is 11.3 Å². The van der Waals surface area contributed by atoms with Crippen molar-refractivity contribution in [3.05, 3.63) is 64.2 Å². The molecule has 2 N–H and O–H groups in total. The Labute approximate surface area is 190 Å². The van der Waals surface area contributed by atoms with Crippen molar-refractivity contribution < 1.29 is 33.5 Å². The highest BCUT2D eigenvalue weighted by Gasteiger charge is 2.21. The number of anilines is 1. The number of nitro groups is 1. The highest BCUT2D eigenvalue weighted by molar-refractivity contribution is 5.96. The van der Waals surface area contributed by atoms with E-state index in [1.807, 2.05) is 0 Å². The molecule has 176 valence electrons. The molecule has 1 atom stereocenters. The average molecular weight is 459 g/mol. The maximum atomic E-state index is 12.2. The van der Waals surface area contributed by atoms with E-state index in [-0.39, 0.29) is 18.0 Å². The van der Waals surface area contributed by atoms with Gasteiger partial charge in [0.15, 0.2) is 0 Å². The lowest BCUT2D eigenvalue weighted by molar-refractivity contribution is -0.384. The smallest absolute Gasteiger partial charge is 0.444 e. The van der Waals surface area contributed by atoms with E-state index in [0.717, 1.165) is 0 Å². The van der Waals surface area contributed by atoms with Crippen molar-refractivity contribution >= 4 is 29.5 Å². The van der Waals surface area contributed by atoms with Crippen LogP contribution in [0.3, 0.4) is 0 Å². The van der Waals surface area contributed by atoms with Crippen molar-refractivity contribution in [2.45, 2.75) is 45.9 Å². The highest BCUT2D eigenvalue weighted by atomic mass is 16.7. The fourth-order valence-corrected chi connectivity index (χ4v) is 2.39. The summed E-state index contributed by atoms with van der Waals surface area (Å²) in [4.78, 5) is 45.9. The van der Waals surface area contributed by atoms with Crippen LogP contribution >= 0.6 is 0 Å². The molecule has 0 aliphatic heterocycles. The largest absolute Gasteiger partial charge is 0.514 e.